The van der Waals surface area contributed by atoms with E-state index in [0.29, 0.717) is 5.82 Å². The van der Waals surface area contributed by atoms with Gasteiger partial charge < -0.3 is 5.11 Å². The van der Waals surface area contributed by atoms with Crippen molar-refractivity contribution in [2.45, 2.75) is 12.5 Å². The molecule has 0 saturated heterocycles. The molecule has 1 aromatic carbocycles. The molecule has 6 heteroatoms. The van der Waals surface area contributed by atoms with Crippen LogP contribution in [0, 0.1) is 11.6 Å². The van der Waals surface area contributed by atoms with Crippen LogP contribution in [0.4, 0.5) is 8.78 Å². The summed E-state index contributed by atoms with van der Waals surface area (Å²) in [5, 5.41) is 13.7. The molecule has 0 bridgehead atoms. The lowest BCUT2D eigenvalue weighted by Gasteiger charge is -2.11. The minimum Gasteiger partial charge on any atom is -0.388 e. The number of halogens is 2. The van der Waals surface area contributed by atoms with Crippen LogP contribution in [0.5, 0.6) is 0 Å². The molecule has 0 aliphatic heterocycles. The van der Waals surface area contributed by atoms with Crippen LogP contribution >= 0.6 is 0 Å². The highest BCUT2D eigenvalue weighted by molar-refractivity contribution is 5.21. The molecule has 1 unspecified atom stereocenters. The minimum absolute atomic E-state index is 0.0504. The Morgan fingerprint density at radius 3 is 2.76 bits per heavy atom. The van der Waals surface area contributed by atoms with Gasteiger partial charge in [-0.15, -0.1) is 0 Å². The minimum atomic E-state index is -1.07. The van der Waals surface area contributed by atoms with Crippen LogP contribution in [0.1, 0.15) is 17.5 Å². The number of aliphatic hydroxyl groups excluding tert-OH is 1. The average molecular weight is 239 g/mol. The third-order valence-electron chi connectivity index (χ3n) is 2.50. The van der Waals surface area contributed by atoms with Gasteiger partial charge in [-0.3, -0.25) is 4.68 Å². The van der Waals surface area contributed by atoms with E-state index in [1.165, 1.54) is 17.1 Å². The lowest BCUT2D eigenvalue weighted by molar-refractivity contribution is 0.169. The van der Waals surface area contributed by atoms with Gasteiger partial charge in [0.15, 0.2) is 0 Å². The molecule has 4 nitrogen and oxygen atoms in total. The maximum atomic E-state index is 13.4. The molecular formula is C11H11F2N3O. The van der Waals surface area contributed by atoms with Gasteiger partial charge >= 0.3 is 0 Å². The summed E-state index contributed by atoms with van der Waals surface area (Å²) in [5.41, 5.74) is 0.0504. The summed E-state index contributed by atoms with van der Waals surface area (Å²) in [7, 11) is 1.68. The van der Waals surface area contributed by atoms with E-state index in [0.717, 1.165) is 12.1 Å². The normalized spacial score (nSPS) is 12.7. The first-order chi connectivity index (χ1) is 8.08. The summed E-state index contributed by atoms with van der Waals surface area (Å²) in [4.78, 5) is 3.92. The van der Waals surface area contributed by atoms with Crippen LogP contribution in [0.25, 0.3) is 0 Å². The third kappa shape index (κ3) is 2.47. The van der Waals surface area contributed by atoms with Crippen molar-refractivity contribution in [2.75, 3.05) is 0 Å². The quantitative estimate of drug-likeness (QED) is 0.880. The summed E-state index contributed by atoms with van der Waals surface area (Å²) < 4.78 is 27.6. The average Bonchev–Trinajstić information content (AvgIpc) is 2.64. The lowest BCUT2D eigenvalue weighted by atomic mass is 10.1. The second-order valence-corrected chi connectivity index (χ2v) is 3.69. The standard InChI is InChI=1S/C11H11F2N3O/c1-16-11(14-6-15-16)5-10(17)8-3-2-7(12)4-9(8)13/h2-4,6,10,17H,5H2,1H3. The van der Waals surface area contributed by atoms with E-state index in [9.17, 15) is 13.9 Å². The summed E-state index contributed by atoms with van der Waals surface area (Å²) in [6.07, 6.45) is 0.403. The second-order valence-electron chi connectivity index (χ2n) is 3.69. The smallest absolute Gasteiger partial charge is 0.138 e. The van der Waals surface area contributed by atoms with Crippen LogP contribution < -0.4 is 0 Å². The molecule has 1 N–H and O–H groups in total. The SMILES string of the molecule is Cn1ncnc1CC(O)c1ccc(F)cc1F. The Kier molecular flexibility index (Phi) is 3.14. The zero-order valence-corrected chi connectivity index (χ0v) is 9.14. The van der Waals surface area contributed by atoms with Gasteiger partial charge in [0.05, 0.1) is 6.10 Å². The van der Waals surface area contributed by atoms with Gasteiger partial charge in [-0.2, -0.15) is 5.10 Å². The fourth-order valence-corrected chi connectivity index (χ4v) is 1.56. The molecule has 2 rings (SSSR count). The number of aryl methyl sites for hydroxylation is 1. The number of hydrogen-bond donors (Lipinski definition) is 1. The summed E-state index contributed by atoms with van der Waals surface area (Å²) in [5.74, 6) is -0.905. The number of nitrogens with zero attached hydrogens (tertiary/aromatic N) is 3. The van der Waals surface area contributed by atoms with Crippen molar-refractivity contribution in [2.24, 2.45) is 7.05 Å². The number of aromatic nitrogens is 3. The highest BCUT2D eigenvalue weighted by Crippen LogP contribution is 2.20. The van der Waals surface area contributed by atoms with Crippen molar-refractivity contribution in [3.63, 3.8) is 0 Å². The lowest BCUT2D eigenvalue weighted by Crippen LogP contribution is -2.09. The second kappa shape index (κ2) is 4.58. The van der Waals surface area contributed by atoms with Crippen molar-refractivity contribution in [3.8, 4) is 0 Å². The molecule has 0 aliphatic carbocycles. The van der Waals surface area contributed by atoms with Gasteiger partial charge in [-0.05, 0) is 6.07 Å². The van der Waals surface area contributed by atoms with E-state index in [1.54, 1.807) is 7.05 Å². The van der Waals surface area contributed by atoms with Gasteiger partial charge in [0.2, 0.25) is 0 Å². The van der Waals surface area contributed by atoms with Crippen molar-refractivity contribution in [1.82, 2.24) is 14.8 Å². The number of hydrogen-bond acceptors (Lipinski definition) is 3. The van der Waals surface area contributed by atoms with Gasteiger partial charge in [0.1, 0.15) is 23.8 Å². The van der Waals surface area contributed by atoms with Crippen LogP contribution in [-0.4, -0.2) is 19.9 Å². The zero-order chi connectivity index (χ0) is 12.4. The fraction of sp³-hybridized carbons (Fsp3) is 0.273. The molecule has 0 amide bonds. The van der Waals surface area contributed by atoms with Crippen LogP contribution in [0.3, 0.4) is 0 Å². The Hall–Kier alpha value is -1.82. The monoisotopic (exact) mass is 239 g/mol. The van der Waals surface area contributed by atoms with Crippen LogP contribution in [0.15, 0.2) is 24.5 Å². The molecule has 0 radical (unpaired) electrons. The number of benzene rings is 1. The summed E-state index contributed by atoms with van der Waals surface area (Å²) >= 11 is 0. The molecule has 0 aliphatic rings. The van der Waals surface area contributed by atoms with Crippen molar-refractivity contribution >= 4 is 0 Å². The van der Waals surface area contributed by atoms with E-state index < -0.39 is 17.7 Å². The molecule has 0 spiro atoms. The first-order valence-electron chi connectivity index (χ1n) is 5.04. The predicted molar refractivity (Wildman–Crippen MR) is 56.0 cm³/mol. The molecule has 0 saturated carbocycles. The summed E-state index contributed by atoms with van der Waals surface area (Å²) in [6.45, 7) is 0. The fourth-order valence-electron chi connectivity index (χ4n) is 1.56. The van der Waals surface area contributed by atoms with E-state index >= 15 is 0 Å². The molecule has 2 aromatic rings. The molecule has 90 valence electrons. The van der Waals surface area contributed by atoms with Gasteiger partial charge in [0.25, 0.3) is 0 Å². The maximum absolute atomic E-state index is 13.4. The molecular weight excluding hydrogens is 228 g/mol. The Bertz CT molecular complexity index is 527. The van der Waals surface area contributed by atoms with E-state index in [4.69, 9.17) is 0 Å². The Balaban J connectivity index is 2.20. The molecule has 1 atom stereocenters. The number of aliphatic hydroxyl groups is 1. The molecule has 1 heterocycles. The molecule has 0 fully saturated rings. The first kappa shape index (κ1) is 11.7. The predicted octanol–water partition coefficient (Wildman–Crippen LogP) is 1.37. The van der Waals surface area contributed by atoms with Crippen molar-refractivity contribution in [3.05, 3.63) is 47.5 Å². The number of rotatable bonds is 3. The third-order valence-corrected chi connectivity index (χ3v) is 2.50. The van der Waals surface area contributed by atoms with Gasteiger partial charge in [-0.1, -0.05) is 6.07 Å². The maximum Gasteiger partial charge on any atom is 0.138 e. The molecule has 17 heavy (non-hydrogen) atoms. The van der Waals surface area contributed by atoms with E-state index in [1.807, 2.05) is 0 Å². The first-order valence-corrected chi connectivity index (χ1v) is 5.04. The van der Waals surface area contributed by atoms with Crippen molar-refractivity contribution in [1.29, 1.82) is 0 Å². The molecule has 1 aromatic heterocycles. The topological polar surface area (TPSA) is 50.9 Å². The van der Waals surface area contributed by atoms with E-state index in [2.05, 4.69) is 10.1 Å². The highest BCUT2D eigenvalue weighted by Gasteiger charge is 2.16. The van der Waals surface area contributed by atoms with Gasteiger partial charge in [0, 0.05) is 25.1 Å². The largest absolute Gasteiger partial charge is 0.388 e. The Labute approximate surface area is 96.5 Å². The Morgan fingerprint density at radius 1 is 1.41 bits per heavy atom. The van der Waals surface area contributed by atoms with Gasteiger partial charge in [-0.25, -0.2) is 13.8 Å². The van der Waals surface area contributed by atoms with Crippen LogP contribution in [0.2, 0.25) is 0 Å². The Morgan fingerprint density at radius 2 is 2.18 bits per heavy atom. The van der Waals surface area contributed by atoms with Crippen molar-refractivity contribution < 1.29 is 13.9 Å². The zero-order valence-electron chi connectivity index (χ0n) is 9.14. The van der Waals surface area contributed by atoms with Crippen LogP contribution in [-0.2, 0) is 13.5 Å². The van der Waals surface area contributed by atoms with E-state index in [-0.39, 0.29) is 12.0 Å². The highest BCUT2D eigenvalue weighted by atomic mass is 19.1. The summed E-state index contributed by atoms with van der Waals surface area (Å²) in [6, 6.07) is 3.08.